The number of methoxy groups -OCH3 is 1. The van der Waals surface area contributed by atoms with Gasteiger partial charge in [-0.3, -0.25) is 9.69 Å². The van der Waals surface area contributed by atoms with E-state index in [1.54, 1.807) is 13.0 Å². The molecule has 1 aliphatic rings. The Morgan fingerprint density at radius 3 is 2.16 bits per heavy atom. The molecule has 0 saturated heterocycles. The van der Waals surface area contributed by atoms with E-state index >= 15 is 0 Å². The van der Waals surface area contributed by atoms with Crippen molar-refractivity contribution in [3.05, 3.63) is 76.5 Å². The SMILES string of the molecule is CCOc1ccc(N2C(=O)/C(=C\c3ccc(C(C)(C)C)cc3)C(C(=O)OC)=C2C)cc1. The van der Waals surface area contributed by atoms with Crippen LogP contribution in [0.1, 0.15) is 45.7 Å². The summed E-state index contributed by atoms with van der Waals surface area (Å²) in [5.74, 6) is -0.0683. The molecule has 0 saturated carbocycles. The zero-order valence-corrected chi connectivity index (χ0v) is 19.0. The number of allylic oxidation sites excluding steroid dienone is 1. The highest BCUT2D eigenvalue weighted by Gasteiger charge is 2.37. The Hall–Kier alpha value is -3.34. The molecule has 0 atom stereocenters. The van der Waals surface area contributed by atoms with Crippen LogP contribution in [-0.4, -0.2) is 25.6 Å². The number of esters is 1. The van der Waals surface area contributed by atoms with Gasteiger partial charge in [0, 0.05) is 11.4 Å². The first-order chi connectivity index (χ1) is 14.7. The van der Waals surface area contributed by atoms with Crippen LogP contribution in [0.15, 0.2) is 65.4 Å². The Morgan fingerprint density at radius 1 is 1.03 bits per heavy atom. The van der Waals surface area contributed by atoms with Gasteiger partial charge in [0.05, 0.1) is 24.9 Å². The lowest BCUT2D eigenvalue weighted by atomic mass is 9.86. The highest BCUT2D eigenvalue weighted by molar-refractivity contribution is 6.23. The molecular formula is C26H29NO4. The number of carbonyl (C=O) groups excluding carboxylic acids is 2. The Balaban J connectivity index is 2.03. The van der Waals surface area contributed by atoms with Crippen molar-refractivity contribution in [2.75, 3.05) is 18.6 Å². The van der Waals surface area contributed by atoms with Crippen molar-refractivity contribution in [3.63, 3.8) is 0 Å². The number of nitrogens with zero attached hydrogens (tertiary/aromatic N) is 1. The minimum absolute atomic E-state index is 0.0347. The molecule has 0 spiro atoms. The van der Waals surface area contributed by atoms with Gasteiger partial charge >= 0.3 is 5.97 Å². The summed E-state index contributed by atoms with van der Waals surface area (Å²) >= 11 is 0. The molecule has 0 radical (unpaired) electrons. The zero-order chi connectivity index (χ0) is 22.8. The molecule has 1 aliphatic heterocycles. The van der Waals surface area contributed by atoms with Crippen molar-refractivity contribution in [3.8, 4) is 5.75 Å². The van der Waals surface area contributed by atoms with E-state index in [0.29, 0.717) is 23.6 Å². The lowest BCUT2D eigenvalue weighted by Crippen LogP contribution is -2.24. The van der Waals surface area contributed by atoms with Crippen LogP contribution < -0.4 is 9.64 Å². The number of hydrogen-bond donors (Lipinski definition) is 0. The van der Waals surface area contributed by atoms with Crippen molar-refractivity contribution in [2.45, 2.75) is 40.0 Å². The summed E-state index contributed by atoms with van der Waals surface area (Å²) in [7, 11) is 1.32. The molecule has 2 aromatic rings. The quantitative estimate of drug-likeness (QED) is 0.490. The van der Waals surface area contributed by atoms with Gasteiger partial charge in [-0.05, 0) is 60.7 Å². The largest absolute Gasteiger partial charge is 0.494 e. The molecule has 1 amide bonds. The molecule has 31 heavy (non-hydrogen) atoms. The van der Waals surface area contributed by atoms with Gasteiger partial charge < -0.3 is 9.47 Å². The summed E-state index contributed by atoms with van der Waals surface area (Å²) in [6.45, 7) is 10.7. The molecule has 0 N–H and O–H groups in total. The molecular weight excluding hydrogens is 390 g/mol. The van der Waals surface area contributed by atoms with Crippen LogP contribution in [0.3, 0.4) is 0 Å². The van der Waals surface area contributed by atoms with Gasteiger partial charge in [-0.25, -0.2) is 4.79 Å². The first-order valence-electron chi connectivity index (χ1n) is 10.4. The molecule has 0 fully saturated rings. The molecule has 162 valence electrons. The Kier molecular flexibility index (Phi) is 6.34. The van der Waals surface area contributed by atoms with Crippen LogP contribution in [0.4, 0.5) is 5.69 Å². The summed E-state index contributed by atoms with van der Waals surface area (Å²) in [5, 5.41) is 0. The van der Waals surface area contributed by atoms with Crippen molar-refractivity contribution in [1.29, 1.82) is 0 Å². The summed E-state index contributed by atoms with van der Waals surface area (Å²) in [4.78, 5) is 27.5. The third-order valence-electron chi connectivity index (χ3n) is 5.28. The monoisotopic (exact) mass is 419 g/mol. The van der Waals surface area contributed by atoms with E-state index in [-0.39, 0.29) is 16.9 Å². The lowest BCUT2D eigenvalue weighted by Gasteiger charge is -2.19. The van der Waals surface area contributed by atoms with Crippen molar-refractivity contribution in [2.24, 2.45) is 0 Å². The molecule has 1 heterocycles. The smallest absolute Gasteiger partial charge is 0.340 e. The number of benzene rings is 2. The van der Waals surface area contributed by atoms with Crippen LogP contribution in [0, 0.1) is 0 Å². The number of rotatable bonds is 5. The topological polar surface area (TPSA) is 55.8 Å². The number of carbonyl (C=O) groups is 2. The Morgan fingerprint density at radius 2 is 1.65 bits per heavy atom. The second-order valence-corrected chi connectivity index (χ2v) is 8.45. The van der Waals surface area contributed by atoms with Gasteiger partial charge in [0.25, 0.3) is 5.91 Å². The summed E-state index contributed by atoms with van der Waals surface area (Å²) in [6, 6.07) is 15.3. The molecule has 0 aromatic heterocycles. The van der Waals surface area contributed by atoms with Crippen molar-refractivity contribution >= 4 is 23.6 Å². The van der Waals surface area contributed by atoms with E-state index in [0.717, 1.165) is 11.3 Å². The molecule has 5 heteroatoms. The number of amides is 1. The maximum atomic E-state index is 13.4. The number of hydrogen-bond acceptors (Lipinski definition) is 4. The highest BCUT2D eigenvalue weighted by atomic mass is 16.5. The third kappa shape index (κ3) is 4.55. The van der Waals surface area contributed by atoms with E-state index in [1.807, 2.05) is 55.5 Å². The predicted molar refractivity (Wildman–Crippen MR) is 123 cm³/mol. The van der Waals surface area contributed by atoms with Crippen LogP contribution in [0.25, 0.3) is 6.08 Å². The Bertz CT molecular complexity index is 1040. The normalized spacial score (nSPS) is 15.6. The Labute approximate surface area is 184 Å². The van der Waals surface area contributed by atoms with Crippen molar-refractivity contribution < 1.29 is 19.1 Å². The molecule has 5 nitrogen and oxygen atoms in total. The molecule has 0 unspecified atom stereocenters. The number of ether oxygens (including phenoxy) is 2. The average molecular weight is 420 g/mol. The van der Waals surface area contributed by atoms with Crippen LogP contribution in [0.5, 0.6) is 5.75 Å². The maximum absolute atomic E-state index is 13.4. The average Bonchev–Trinajstić information content (AvgIpc) is 2.98. The van der Waals surface area contributed by atoms with Crippen LogP contribution in [-0.2, 0) is 19.7 Å². The first kappa shape index (κ1) is 22.3. The van der Waals surface area contributed by atoms with E-state index in [1.165, 1.54) is 17.6 Å². The molecule has 0 bridgehead atoms. The van der Waals surface area contributed by atoms with E-state index < -0.39 is 5.97 Å². The highest BCUT2D eigenvalue weighted by Crippen LogP contribution is 2.36. The van der Waals surface area contributed by atoms with Gasteiger partial charge in [-0.15, -0.1) is 0 Å². The maximum Gasteiger partial charge on any atom is 0.340 e. The first-order valence-corrected chi connectivity index (χ1v) is 10.4. The minimum Gasteiger partial charge on any atom is -0.494 e. The predicted octanol–water partition coefficient (Wildman–Crippen LogP) is 5.26. The standard InChI is InChI=1S/C26H29NO4/c1-7-31-21-14-12-20(13-15-21)27-17(2)23(25(29)30-6)22(24(27)28)16-18-8-10-19(11-9-18)26(3,4)5/h8-16H,7H2,1-6H3/b22-16-. The third-order valence-corrected chi connectivity index (χ3v) is 5.28. The van der Waals surface area contributed by atoms with E-state index in [9.17, 15) is 9.59 Å². The van der Waals surface area contributed by atoms with Crippen molar-refractivity contribution in [1.82, 2.24) is 0 Å². The van der Waals surface area contributed by atoms with Gasteiger partial charge in [-0.1, -0.05) is 45.0 Å². The minimum atomic E-state index is -0.531. The number of anilines is 1. The zero-order valence-electron chi connectivity index (χ0n) is 19.0. The summed E-state index contributed by atoms with van der Waals surface area (Å²) in [6.07, 6.45) is 1.75. The van der Waals surface area contributed by atoms with Gasteiger partial charge in [-0.2, -0.15) is 0 Å². The van der Waals surface area contributed by atoms with E-state index in [2.05, 4.69) is 20.8 Å². The second kappa shape index (κ2) is 8.80. The van der Waals surface area contributed by atoms with Crippen LogP contribution in [0.2, 0.25) is 0 Å². The van der Waals surface area contributed by atoms with Gasteiger partial charge in [0.15, 0.2) is 0 Å². The van der Waals surface area contributed by atoms with Gasteiger partial charge in [0.2, 0.25) is 0 Å². The van der Waals surface area contributed by atoms with E-state index in [4.69, 9.17) is 9.47 Å². The van der Waals surface area contributed by atoms with Crippen LogP contribution >= 0.6 is 0 Å². The molecule has 3 rings (SSSR count). The molecule has 0 aliphatic carbocycles. The summed E-state index contributed by atoms with van der Waals surface area (Å²) in [5.41, 5.74) is 3.88. The summed E-state index contributed by atoms with van der Waals surface area (Å²) < 4.78 is 10.5. The second-order valence-electron chi connectivity index (χ2n) is 8.45. The van der Waals surface area contributed by atoms with Gasteiger partial charge in [0.1, 0.15) is 5.75 Å². The molecule has 2 aromatic carbocycles. The fraction of sp³-hybridized carbons (Fsp3) is 0.308. The lowest BCUT2D eigenvalue weighted by molar-refractivity contribution is -0.136. The fourth-order valence-electron chi connectivity index (χ4n) is 3.60. The fourth-order valence-corrected chi connectivity index (χ4v) is 3.60.